The number of pyridine rings is 1. The van der Waals surface area contributed by atoms with Gasteiger partial charge in [0.1, 0.15) is 17.2 Å². The van der Waals surface area contributed by atoms with E-state index in [9.17, 15) is 14.4 Å². The number of aromatic nitrogens is 1. The van der Waals surface area contributed by atoms with Crippen LogP contribution in [-0.4, -0.2) is 22.9 Å². The van der Waals surface area contributed by atoms with E-state index in [1.54, 1.807) is 36.4 Å². The third-order valence-electron chi connectivity index (χ3n) is 3.98. The molecule has 0 aliphatic heterocycles. The molecule has 0 saturated carbocycles. The number of aryl methyl sites for hydroxylation is 1. The minimum Gasteiger partial charge on any atom is -0.439 e. The summed E-state index contributed by atoms with van der Waals surface area (Å²) >= 11 is 0. The molecule has 0 fully saturated rings. The SMILES string of the molecule is CC(=O)Oc1cc(Oc2cccc(Oc3ccc(OC(C)=O)c(OC(C)=O)c3)n2)ccc1C. The summed E-state index contributed by atoms with van der Waals surface area (Å²) in [5, 5.41) is 0. The topological polar surface area (TPSA) is 110 Å². The van der Waals surface area contributed by atoms with Crippen LogP contribution in [0.1, 0.15) is 26.3 Å². The summed E-state index contributed by atoms with van der Waals surface area (Å²) in [6, 6.07) is 14.4. The summed E-state index contributed by atoms with van der Waals surface area (Å²) < 4.78 is 26.8. The van der Waals surface area contributed by atoms with Crippen LogP contribution in [0, 0.1) is 6.92 Å². The van der Waals surface area contributed by atoms with Crippen molar-refractivity contribution >= 4 is 17.9 Å². The second-order valence-electron chi connectivity index (χ2n) is 6.83. The Labute approximate surface area is 189 Å². The van der Waals surface area contributed by atoms with Gasteiger partial charge < -0.3 is 23.7 Å². The van der Waals surface area contributed by atoms with Crippen molar-refractivity contribution in [2.24, 2.45) is 0 Å². The van der Waals surface area contributed by atoms with Crippen LogP contribution in [0.25, 0.3) is 0 Å². The zero-order valence-electron chi connectivity index (χ0n) is 18.4. The van der Waals surface area contributed by atoms with Crippen LogP contribution in [0.5, 0.6) is 40.5 Å². The summed E-state index contributed by atoms with van der Waals surface area (Å²) in [6.07, 6.45) is 0. The Bertz CT molecular complexity index is 1200. The Kier molecular flexibility index (Phi) is 7.24. The maximum atomic E-state index is 11.4. The molecule has 1 heterocycles. The maximum absolute atomic E-state index is 11.4. The number of nitrogens with zero attached hydrogens (tertiary/aromatic N) is 1. The quantitative estimate of drug-likeness (QED) is 0.371. The minimum atomic E-state index is -0.583. The summed E-state index contributed by atoms with van der Waals surface area (Å²) in [5.41, 5.74) is 0.781. The Morgan fingerprint density at radius 2 is 1.12 bits per heavy atom. The molecule has 9 nitrogen and oxygen atoms in total. The van der Waals surface area contributed by atoms with Crippen LogP contribution >= 0.6 is 0 Å². The first-order valence-corrected chi connectivity index (χ1v) is 9.82. The van der Waals surface area contributed by atoms with Crippen LogP contribution in [0.2, 0.25) is 0 Å². The van der Waals surface area contributed by atoms with Gasteiger partial charge in [0.25, 0.3) is 0 Å². The van der Waals surface area contributed by atoms with E-state index in [1.165, 1.54) is 39.0 Å². The highest BCUT2D eigenvalue weighted by molar-refractivity contribution is 5.74. The predicted octanol–water partition coefficient (Wildman–Crippen LogP) is 4.75. The Morgan fingerprint density at radius 3 is 1.70 bits per heavy atom. The van der Waals surface area contributed by atoms with Crippen molar-refractivity contribution in [2.45, 2.75) is 27.7 Å². The van der Waals surface area contributed by atoms with E-state index in [0.717, 1.165) is 5.56 Å². The second-order valence-corrected chi connectivity index (χ2v) is 6.83. The monoisotopic (exact) mass is 451 g/mol. The zero-order chi connectivity index (χ0) is 24.0. The van der Waals surface area contributed by atoms with Crippen LogP contribution in [-0.2, 0) is 14.4 Å². The average molecular weight is 451 g/mol. The van der Waals surface area contributed by atoms with Crippen molar-refractivity contribution in [3.63, 3.8) is 0 Å². The highest BCUT2D eigenvalue weighted by Gasteiger charge is 2.13. The fraction of sp³-hybridized carbons (Fsp3) is 0.167. The van der Waals surface area contributed by atoms with Gasteiger partial charge in [0, 0.05) is 45.0 Å². The van der Waals surface area contributed by atoms with Crippen molar-refractivity contribution in [3.05, 3.63) is 60.2 Å². The van der Waals surface area contributed by atoms with Crippen molar-refractivity contribution in [1.29, 1.82) is 0 Å². The van der Waals surface area contributed by atoms with Gasteiger partial charge in [-0.05, 0) is 30.7 Å². The largest absolute Gasteiger partial charge is 0.439 e. The van der Waals surface area contributed by atoms with Gasteiger partial charge in [0.05, 0.1) is 0 Å². The van der Waals surface area contributed by atoms with E-state index < -0.39 is 17.9 Å². The van der Waals surface area contributed by atoms with Gasteiger partial charge in [-0.2, -0.15) is 4.98 Å². The molecule has 3 rings (SSSR count). The Balaban J connectivity index is 1.79. The number of carbonyl (C=O) groups excluding carboxylic acids is 3. The van der Waals surface area contributed by atoms with Crippen molar-refractivity contribution < 1.29 is 38.1 Å². The lowest BCUT2D eigenvalue weighted by Gasteiger charge is -2.12. The lowest BCUT2D eigenvalue weighted by molar-refractivity contribution is -0.134. The van der Waals surface area contributed by atoms with Crippen LogP contribution in [0.15, 0.2) is 54.6 Å². The minimum absolute atomic E-state index is 0.0280. The van der Waals surface area contributed by atoms with E-state index in [0.29, 0.717) is 17.2 Å². The van der Waals surface area contributed by atoms with Crippen molar-refractivity contribution in [1.82, 2.24) is 4.98 Å². The number of hydrogen-bond donors (Lipinski definition) is 0. The van der Waals surface area contributed by atoms with Gasteiger partial charge in [-0.3, -0.25) is 14.4 Å². The first-order chi connectivity index (χ1) is 15.7. The zero-order valence-corrected chi connectivity index (χ0v) is 18.4. The van der Waals surface area contributed by atoms with Crippen LogP contribution < -0.4 is 23.7 Å². The summed E-state index contributed by atoms with van der Waals surface area (Å²) in [7, 11) is 0. The molecule has 9 heteroatoms. The molecule has 1 aromatic heterocycles. The molecule has 0 aliphatic carbocycles. The van der Waals surface area contributed by atoms with Gasteiger partial charge in [-0.25, -0.2) is 0 Å². The van der Waals surface area contributed by atoms with Crippen LogP contribution in [0.3, 0.4) is 0 Å². The van der Waals surface area contributed by atoms with E-state index in [4.69, 9.17) is 23.7 Å². The van der Waals surface area contributed by atoms with E-state index in [-0.39, 0.29) is 23.3 Å². The van der Waals surface area contributed by atoms with E-state index >= 15 is 0 Å². The van der Waals surface area contributed by atoms with Crippen molar-refractivity contribution in [3.8, 4) is 40.5 Å². The van der Waals surface area contributed by atoms with E-state index in [1.807, 2.05) is 6.92 Å². The summed E-state index contributed by atoms with van der Waals surface area (Å²) in [5.74, 6) is 0.0735. The second kappa shape index (κ2) is 10.3. The predicted molar refractivity (Wildman–Crippen MR) is 116 cm³/mol. The lowest BCUT2D eigenvalue weighted by atomic mass is 10.2. The standard InChI is InChI=1S/C24H21NO8/c1-14-8-9-18(12-21(14)30-16(3)27)32-23-6-5-7-24(25-23)33-19-10-11-20(29-15(2)26)22(13-19)31-17(4)28/h5-13H,1-4H3. The molecular weight excluding hydrogens is 430 g/mol. The molecular formula is C24H21NO8. The molecule has 33 heavy (non-hydrogen) atoms. The Morgan fingerprint density at radius 1 is 0.636 bits per heavy atom. The third-order valence-corrected chi connectivity index (χ3v) is 3.98. The van der Waals surface area contributed by atoms with Crippen LogP contribution in [0.4, 0.5) is 0 Å². The van der Waals surface area contributed by atoms with Gasteiger partial charge in [0.2, 0.25) is 11.8 Å². The average Bonchev–Trinajstić information content (AvgIpc) is 2.72. The Hall–Kier alpha value is -4.40. The molecule has 0 amide bonds. The maximum Gasteiger partial charge on any atom is 0.308 e. The summed E-state index contributed by atoms with van der Waals surface area (Å²) in [6.45, 7) is 5.60. The highest BCUT2D eigenvalue weighted by Crippen LogP contribution is 2.34. The van der Waals surface area contributed by atoms with E-state index in [2.05, 4.69) is 4.98 Å². The number of esters is 3. The first-order valence-electron chi connectivity index (χ1n) is 9.82. The van der Waals surface area contributed by atoms with Crippen molar-refractivity contribution in [2.75, 3.05) is 0 Å². The lowest BCUT2D eigenvalue weighted by Crippen LogP contribution is -2.07. The molecule has 0 atom stereocenters. The molecule has 0 bridgehead atoms. The first kappa shape index (κ1) is 23.3. The fourth-order valence-electron chi connectivity index (χ4n) is 2.69. The fourth-order valence-corrected chi connectivity index (χ4v) is 2.69. The summed E-state index contributed by atoms with van der Waals surface area (Å²) in [4.78, 5) is 38.2. The molecule has 0 N–H and O–H groups in total. The smallest absolute Gasteiger partial charge is 0.308 e. The molecule has 0 aliphatic rings. The van der Waals surface area contributed by atoms with Gasteiger partial charge in [0.15, 0.2) is 11.5 Å². The van der Waals surface area contributed by atoms with Gasteiger partial charge >= 0.3 is 17.9 Å². The highest BCUT2D eigenvalue weighted by atomic mass is 16.6. The number of ether oxygens (including phenoxy) is 5. The number of carbonyl (C=O) groups is 3. The molecule has 170 valence electrons. The third kappa shape index (κ3) is 6.79. The molecule has 3 aromatic rings. The van der Waals surface area contributed by atoms with Gasteiger partial charge in [-0.1, -0.05) is 12.1 Å². The number of hydrogen-bond acceptors (Lipinski definition) is 9. The molecule has 0 spiro atoms. The molecule has 0 unspecified atom stereocenters. The molecule has 0 saturated heterocycles. The number of rotatable bonds is 7. The number of benzene rings is 2. The van der Waals surface area contributed by atoms with Gasteiger partial charge in [-0.15, -0.1) is 0 Å². The molecule has 0 radical (unpaired) electrons. The molecule has 2 aromatic carbocycles. The normalized spacial score (nSPS) is 10.2.